The van der Waals surface area contributed by atoms with Gasteiger partial charge in [0.15, 0.2) is 0 Å². The molecule has 1 aromatic heterocycles. The quantitative estimate of drug-likeness (QED) is 0.198. The molecule has 0 fully saturated rings. The molecule has 3 heteroatoms. The minimum atomic E-state index is -0.533. The lowest BCUT2D eigenvalue weighted by atomic mass is 9.63. The van der Waals surface area contributed by atoms with Gasteiger partial charge in [-0.25, -0.2) is 4.98 Å². The van der Waals surface area contributed by atoms with Crippen molar-refractivity contribution in [2.75, 3.05) is 5.32 Å². The van der Waals surface area contributed by atoms with Crippen LogP contribution in [0.5, 0.6) is 11.5 Å². The topological polar surface area (TPSA) is 34.1 Å². The van der Waals surface area contributed by atoms with Crippen molar-refractivity contribution in [3.05, 3.63) is 221 Å². The molecule has 3 heterocycles. The summed E-state index contributed by atoms with van der Waals surface area (Å²) in [5.74, 6) is 1.74. The lowest BCUT2D eigenvalue weighted by Gasteiger charge is -2.41. The number of fused-ring (bicyclic) bond motifs is 5. The first-order valence-electron chi connectivity index (χ1n) is 17.8. The van der Waals surface area contributed by atoms with Crippen molar-refractivity contribution in [2.45, 2.75) is 11.5 Å². The summed E-state index contributed by atoms with van der Waals surface area (Å²) in [6, 6.07) is 64.6. The third-order valence-electron chi connectivity index (χ3n) is 10.6. The molecule has 52 heavy (non-hydrogen) atoms. The smallest absolute Gasteiger partial charge is 0.132 e. The van der Waals surface area contributed by atoms with Crippen LogP contribution in [0.1, 0.15) is 39.4 Å². The van der Waals surface area contributed by atoms with Gasteiger partial charge in [-0.15, -0.1) is 0 Å². The Balaban J connectivity index is 1.05. The van der Waals surface area contributed by atoms with Crippen LogP contribution in [0.25, 0.3) is 39.4 Å². The summed E-state index contributed by atoms with van der Waals surface area (Å²) in [6.07, 6.45) is 4.46. The van der Waals surface area contributed by atoms with Crippen LogP contribution < -0.4 is 10.1 Å². The van der Waals surface area contributed by atoms with Crippen molar-refractivity contribution in [1.29, 1.82) is 0 Å². The molecule has 10 rings (SSSR count). The van der Waals surface area contributed by atoms with Gasteiger partial charge < -0.3 is 10.1 Å². The van der Waals surface area contributed by atoms with Gasteiger partial charge in [-0.05, 0) is 57.6 Å². The summed E-state index contributed by atoms with van der Waals surface area (Å²) in [4.78, 5) is 5.15. The van der Waals surface area contributed by atoms with E-state index >= 15 is 0 Å². The highest BCUT2D eigenvalue weighted by Crippen LogP contribution is 2.55. The number of hydrogen-bond acceptors (Lipinski definition) is 3. The summed E-state index contributed by atoms with van der Waals surface area (Å²) in [7, 11) is 0. The highest BCUT2D eigenvalue weighted by Gasteiger charge is 2.45. The second-order valence-corrected chi connectivity index (χ2v) is 13.6. The third-order valence-corrected chi connectivity index (χ3v) is 10.6. The summed E-state index contributed by atoms with van der Waals surface area (Å²) >= 11 is 0. The van der Waals surface area contributed by atoms with Crippen LogP contribution in [0, 0.1) is 0 Å². The molecule has 0 amide bonds. The number of benzene rings is 7. The van der Waals surface area contributed by atoms with Gasteiger partial charge >= 0.3 is 0 Å². The zero-order chi connectivity index (χ0) is 34.5. The maximum absolute atomic E-state index is 6.78. The normalized spacial score (nSPS) is 15.1. The van der Waals surface area contributed by atoms with E-state index in [0.29, 0.717) is 0 Å². The van der Waals surface area contributed by atoms with Crippen LogP contribution in [-0.2, 0) is 5.41 Å². The number of nitrogens with zero attached hydrogens (tertiary/aromatic N) is 1. The number of para-hydroxylation sites is 1. The SMILES string of the molecule is C1=CC(c2cccc(-c3ccc4c(c3)Oc3ccccc3C4(c3ccccc3)c3ccccc3)c2)Nc2c1ccc1ccc(-c3ccccc3)nc21. The molecule has 1 unspecified atom stereocenters. The van der Waals surface area contributed by atoms with Crippen molar-refractivity contribution in [1.82, 2.24) is 4.98 Å². The van der Waals surface area contributed by atoms with E-state index in [1.807, 2.05) is 6.07 Å². The van der Waals surface area contributed by atoms with Crippen molar-refractivity contribution in [2.24, 2.45) is 0 Å². The predicted octanol–water partition coefficient (Wildman–Crippen LogP) is 12.2. The van der Waals surface area contributed by atoms with Crippen molar-refractivity contribution < 1.29 is 4.74 Å². The minimum absolute atomic E-state index is 0.00945. The minimum Gasteiger partial charge on any atom is -0.457 e. The fourth-order valence-electron chi connectivity index (χ4n) is 8.16. The lowest BCUT2D eigenvalue weighted by Crippen LogP contribution is -2.34. The monoisotopic (exact) mass is 666 g/mol. The molecule has 0 saturated carbocycles. The molecule has 0 bridgehead atoms. The van der Waals surface area contributed by atoms with Gasteiger partial charge in [0.25, 0.3) is 0 Å². The van der Waals surface area contributed by atoms with Gasteiger partial charge in [0.05, 0.1) is 28.4 Å². The van der Waals surface area contributed by atoms with E-state index in [-0.39, 0.29) is 6.04 Å². The molecular formula is C49H34N2O. The average Bonchev–Trinajstić information content (AvgIpc) is 3.23. The Kier molecular flexibility index (Phi) is 7.10. The van der Waals surface area contributed by atoms with E-state index in [2.05, 4.69) is 193 Å². The molecule has 7 aromatic carbocycles. The van der Waals surface area contributed by atoms with Crippen molar-refractivity contribution in [3.8, 4) is 33.9 Å². The van der Waals surface area contributed by atoms with Crippen LogP contribution in [0.3, 0.4) is 0 Å². The Labute approximate surface area is 303 Å². The van der Waals surface area contributed by atoms with E-state index < -0.39 is 5.41 Å². The lowest BCUT2D eigenvalue weighted by molar-refractivity contribution is 0.435. The largest absolute Gasteiger partial charge is 0.457 e. The van der Waals surface area contributed by atoms with E-state index in [0.717, 1.165) is 67.2 Å². The van der Waals surface area contributed by atoms with Gasteiger partial charge in [-0.1, -0.05) is 170 Å². The number of rotatable bonds is 5. The maximum atomic E-state index is 6.78. The predicted molar refractivity (Wildman–Crippen MR) is 213 cm³/mol. The Hall–Kier alpha value is -6.71. The van der Waals surface area contributed by atoms with Gasteiger partial charge in [0.2, 0.25) is 0 Å². The summed E-state index contributed by atoms with van der Waals surface area (Å²) in [5.41, 5.74) is 12.9. The number of aromatic nitrogens is 1. The zero-order valence-corrected chi connectivity index (χ0v) is 28.4. The Bertz CT molecular complexity index is 2590. The maximum Gasteiger partial charge on any atom is 0.132 e. The van der Waals surface area contributed by atoms with E-state index in [4.69, 9.17) is 9.72 Å². The molecule has 0 radical (unpaired) electrons. The molecule has 0 spiro atoms. The molecule has 0 aliphatic carbocycles. The summed E-state index contributed by atoms with van der Waals surface area (Å²) < 4.78 is 6.78. The molecule has 246 valence electrons. The fourth-order valence-corrected chi connectivity index (χ4v) is 8.16. The highest BCUT2D eigenvalue weighted by atomic mass is 16.5. The van der Waals surface area contributed by atoms with Crippen molar-refractivity contribution >= 4 is 22.7 Å². The molecule has 3 nitrogen and oxygen atoms in total. The standard InChI is InChI=1S/C49H34N2O/c1-4-13-33(14-5-1)43-29-26-34-23-24-35-27-30-44(51-48(35)47(34)50-43)38-16-12-15-36(31-38)37-25-28-42-46(32-37)52-45-22-11-10-21-41(45)49(42,39-17-6-2-7-18-39)40-19-8-3-9-20-40/h1-32,44,51H. The molecular weight excluding hydrogens is 633 g/mol. The van der Waals surface area contributed by atoms with E-state index in [9.17, 15) is 0 Å². The Morgan fingerprint density at radius 1 is 0.519 bits per heavy atom. The first-order valence-corrected chi connectivity index (χ1v) is 17.8. The first-order chi connectivity index (χ1) is 25.8. The van der Waals surface area contributed by atoms with Gasteiger partial charge in [-0.3, -0.25) is 0 Å². The van der Waals surface area contributed by atoms with Crippen LogP contribution >= 0.6 is 0 Å². The van der Waals surface area contributed by atoms with E-state index in [1.54, 1.807) is 0 Å². The fraction of sp³-hybridized carbons (Fsp3) is 0.0408. The number of nitrogens with one attached hydrogen (secondary N) is 1. The Morgan fingerprint density at radius 3 is 1.96 bits per heavy atom. The van der Waals surface area contributed by atoms with Crippen molar-refractivity contribution in [3.63, 3.8) is 0 Å². The average molecular weight is 667 g/mol. The van der Waals surface area contributed by atoms with E-state index in [1.165, 1.54) is 16.7 Å². The third kappa shape index (κ3) is 4.85. The summed E-state index contributed by atoms with van der Waals surface area (Å²) in [5, 5.41) is 4.96. The molecule has 2 aliphatic heterocycles. The zero-order valence-electron chi connectivity index (χ0n) is 28.4. The highest BCUT2D eigenvalue weighted by molar-refractivity contribution is 5.97. The first kappa shape index (κ1) is 30.1. The molecule has 2 aliphatic rings. The number of pyridine rings is 1. The van der Waals surface area contributed by atoms with Crippen LogP contribution in [0.4, 0.5) is 5.69 Å². The molecule has 1 N–H and O–H groups in total. The summed E-state index contributed by atoms with van der Waals surface area (Å²) in [6.45, 7) is 0. The second-order valence-electron chi connectivity index (χ2n) is 13.6. The molecule has 1 atom stereocenters. The Morgan fingerprint density at radius 2 is 1.17 bits per heavy atom. The van der Waals surface area contributed by atoms with Crippen LogP contribution in [0.2, 0.25) is 0 Å². The van der Waals surface area contributed by atoms with Gasteiger partial charge in [-0.2, -0.15) is 0 Å². The van der Waals surface area contributed by atoms with Gasteiger partial charge in [0.1, 0.15) is 11.5 Å². The van der Waals surface area contributed by atoms with Crippen LogP contribution in [0.15, 0.2) is 188 Å². The number of hydrogen-bond donors (Lipinski definition) is 1. The van der Waals surface area contributed by atoms with Gasteiger partial charge in [0, 0.05) is 22.1 Å². The molecule has 8 aromatic rings. The second kappa shape index (κ2) is 12.3. The number of ether oxygens (including phenoxy) is 1. The van der Waals surface area contributed by atoms with Crippen LogP contribution in [-0.4, -0.2) is 4.98 Å². The molecule has 0 saturated heterocycles. The number of anilines is 1.